The summed E-state index contributed by atoms with van der Waals surface area (Å²) >= 11 is 0. The van der Waals surface area contributed by atoms with Gasteiger partial charge in [-0.2, -0.15) is 0 Å². The molecule has 0 spiro atoms. The highest BCUT2D eigenvalue weighted by molar-refractivity contribution is 5.92. The van der Waals surface area contributed by atoms with Crippen LogP contribution >= 0.6 is 0 Å². The van der Waals surface area contributed by atoms with E-state index in [1.165, 1.54) is 6.42 Å². The number of likely N-dealkylation sites (tertiary alicyclic amines) is 1. The molecule has 0 bridgehead atoms. The molecule has 2 aliphatic rings. The van der Waals surface area contributed by atoms with Crippen LogP contribution in [0.3, 0.4) is 0 Å². The summed E-state index contributed by atoms with van der Waals surface area (Å²) in [6, 6.07) is 0. The first-order chi connectivity index (χ1) is 11.2. The highest BCUT2D eigenvalue weighted by atomic mass is 16.2. The Labute approximate surface area is 138 Å². The first-order valence-corrected chi connectivity index (χ1v) is 8.76. The van der Waals surface area contributed by atoms with Gasteiger partial charge in [0.15, 0.2) is 0 Å². The third-order valence-corrected chi connectivity index (χ3v) is 4.95. The number of amides is 1. The lowest BCUT2D eigenvalue weighted by Gasteiger charge is -2.34. The third kappa shape index (κ3) is 3.80. The van der Waals surface area contributed by atoms with Gasteiger partial charge >= 0.3 is 0 Å². The van der Waals surface area contributed by atoms with E-state index in [4.69, 9.17) is 0 Å². The Morgan fingerprint density at radius 2 is 1.96 bits per heavy atom. The van der Waals surface area contributed by atoms with E-state index >= 15 is 0 Å². The van der Waals surface area contributed by atoms with Crippen molar-refractivity contribution in [2.45, 2.75) is 26.7 Å². The summed E-state index contributed by atoms with van der Waals surface area (Å²) in [7, 11) is 0. The number of aromatic nitrogens is 2. The lowest BCUT2D eigenvalue weighted by molar-refractivity contribution is 0.0676. The normalized spacial score (nSPS) is 23.1. The number of hydrogen-bond donors (Lipinski definition) is 0. The first-order valence-electron chi connectivity index (χ1n) is 8.76. The molecule has 1 aromatic rings. The van der Waals surface area contributed by atoms with Crippen LogP contribution in [0, 0.1) is 5.92 Å². The van der Waals surface area contributed by atoms with E-state index < -0.39 is 0 Å². The lowest BCUT2D eigenvalue weighted by Crippen LogP contribution is -2.46. The van der Waals surface area contributed by atoms with E-state index in [0.717, 1.165) is 58.1 Å². The predicted octanol–water partition coefficient (Wildman–Crippen LogP) is 1.49. The number of likely N-dealkylation sites (N-methyl/N-ethyl adjacent to an activating group) is 1. The lowest BCUT2D eigenvalue weighted by atomic mass is 10.0. The molecule has 0 radical (unpaired) electrons. The molecule has 0 N–H and O–H groups in total. The van der Waals surface area contributed by atoms with Gasteiger partial charge in [0.1, 0.15) is 11.5 Å². The number of carbonyl (C=O) groups excluding carboxylic acids is 1. The number of nitrogens with zero attached hydrogens (tertiary/aromatic N) is 5. The highest BCUT2D eigenvalue weighted by Gasteiger charge is 2.23. The number of anilines is 1. The van der Waals surface area contributed by atoms with Crippen LogP contribution in [-0.2, 0) is 0 Å². The van der Waals surface area contributed by atoms with E-state index in [1.807, 2.05) is 4.90 Å². The number of rotatable bonds is 3. The molecule has 3 heterocycles. The first kappa shape index (κ1) is 16.2. The molecule has 126 valence electrons. The van der Waals surface area contributed by atoms with E-state index in [0.29, 0.717) is 11.6 Å². The zero-order valence-electron chi connectivity index (χ0n) is 14.2. The third-order valence-electron chi connectivity index (χ3n) is 4.95. The summed E-state index contributed by atoms with van der Waals surface area (Å²) in [5.41, 5.74) is 0.468. The molecule has 1 unspecified atom stereocenters. The van der Waals surface area contributed by atoms with Gasteiger partial charge in [0.2, 0.25) is 0 Å². The number of piperazine rings is 1. The number of piperidine rings is 1. The maximum absolute atomic E-state index is 12.5. The minimum atomic E-state index is 0.0198. The van der Waals surface area contributed by atoms with Crippen molar-refractivity contribution in [3.8, 4) is 0 Å². The molecule has 23 heavy (non-hydrogen) atoms. The molecule has 0 aromatic carbocycles. The monoisotopic (exact) mass is 317 g/mol. The molecular formula is C17H27N5O. The van der Waals surface area contributed by atoms with Crippen molar-refractivity contribution in [2.24, 2.45) is 5.92 Å². The molecule has 2 aliphatic heterocycles. The predicted molar refractivity (Wildman–Crippen MR) is 90.7 cm³/mol. The Hall–Kier alpha value is -1.69. The SMILES string of the molecule is CCN1CCN(c2cnc(C(=O)N3CCCC(C)C3)cn2)CC1. The minimum Gasteiger partial charge on any atom is -0.353 e. The summed E-state index contributed by atoms with van der Waals surface area (Å²) < 4.78 is 0. The molecule has 2 fully saturated rings. The fourth-order valence-electron chi connectivity index (χ4n) is 3.42. The van der Waals surface area contributed by atoms with E-state index in [9.17, 15) is 4.79 Å². The second-order valence-corrected chi connectivity index (χ2v) is 6.68. The van der Waals surface area contributed by atoms with Crippen LogP contribution in [0.1, 0.15) is 37.2 Å². The Bertz CT molecular complexity index is 524. The van der Waals surface area contributed by atoms with Gasteiger partial charge in [-0.25, -0.2) is 9.97 Å². The van der Waals surface area contributed by atoms with Crippen molar-refractivity contribution in [3.63, 3.8) is 0 Å². The second-order valence-electron chi connectivity index (χ2n) is 6.68. The molecule has 1 amide bonds. The van der Waals surface area contributed by atoms with Crippen LogP contribution in [0.2, 0.25) is 0 Å². The van der Waals surface area contributed by atoms with Crippen LogP contribution in [-0.4, -0.2) is 71.5 Å². The number of carbonyl (C=O) groups is 1. The minimum absolute atomic E-state index is 0.0198. The highest BCUT2D eigenvalue weighted by Crippen LogP contribution is 2.18. The van der Waals surface area contributed by atoms with Gasteiger partial charge in [0, 0.05) is 39.3 Å². The molecule has 0 saturated carbocycles. The van der Waals surface area contributed by atoms with E-state index in [1.54, 1.807) is 12.4 Å². The van der Waals surface area contributed by atoms with Gasteiger partial charge in [-0.3, -0.25) is 4.79 Å². The van der Waals surface area contributed by atoms with Crippen molar-refractivity contribution in [1.29, 1.82) is 0 Å². The second kappa shape index (κ2) is 7.25. The van der Waals surface area contributed by atoms with Crippen LogP contribution < -0.4 is 4.90 Å². The molecule has 3 rings (SSSR count). The van der Waals surface area contributed by atoms with Crippen molar-refractivity contribution in [1.82, 2.24) is 19.8 Å². The van der Waals surface area contributed by atoms with Crippen molar-refractivity contribution >= 4 is 11.7 Å². The maximum atomic E-state index is 12.5. The summed E-state index contributed by atoms with van der Waals surface area (Å²) in [6.45, 7) is 11.2. The van der Waals surface area contributed by atoms with Crippen molar-refractivity contribution < 1.29 is 4.79 Å². The van der Waals surface area contributed by atoms with Crippen LogP contribution in [0.15, 0.2) is 12.4 Å². The Balaban J connectivity index is 1.62. The molecule has 0 aliphatic carbocycles. The molecule has 1 aromatic heterocycles. The Morgan fingerprint density at radius 3 is 2.57 bits per heavy atom. The standard InChI is InChI=1S/C17H27N5O/c1-3-20-7-9-21(10-8-20)16-12-18-15(11-19-16)17(23)22-6-4-5-14(2)13-22/h11-12,14H,3-10,13H2,1-2H3. The van der Waals surface area contributed by atoms with Gasteiger partial charge in [-0.1, -0.05) is 13.8 Å². The van der Waals surface area contributed by atoms with Gasteiger partial charge in [0.05, 0.1) is 12.4 Å². The van der Waals surface area contributed by atoms with Crippen LogP contribution in [0.5, 0.6) is 0 Å². The summed E-state index contributed by atoms with van der Waals surface area (Å²) in [5, 5.41) is 0. The maximum Gasteiger partial charge on any atom is 0.274 e. The molecular weight excluding hydrogens is 290 g/mol. The fourth-order valence-corrected chi connectivity index (χ4v) is 3.42. The Kier molecular flexibility index (Phi) is 5.10. The molecule has 6 nitrogen and oxygen atoms in total. The number of hydrogen-bond acceptors (Lipinski definition) is 5. The molecule has 6 heteroatoms. The fraction of sp³-hybridized carbons (Fsp3) is 0.706. The van der Waals surface area contributed by atoms with Crippen LogP contribution in [0.25, 0.3) is 0 Å². The quantitative estimate of drug-likeness (QED) is 0.845. The van der Waals surface area contributed by atoms with Gasteiger partial charge in [0.25, 0.3) is 5.91 Å². The zero-order valence-corrected chi connectivity index (χ0v) is 14.2. The van der Waals surface area contributed by atoms with Gasteiger partial charge in [-0.15, -0.1) is 0 Å². The van der Waals surface area contributed by atoms with Crippen molar-refractivity contribution in [3.05, 3.63) is 18.1 Å². The smallest absolute Gasteiger partial charge is 0.274 e. The summed E-state index contributed by atoms with van der Waals surface area (Å²) in [6.07, 6.45) is 5.68. The summed E-state index contributed by atoms with van der Waals surface area (Å²) in [4.78, 5) is 28.0. The molecule has 2 saturated heterocycles. The van der Waals surface area contributed by atoms with Crippen molar-refractivity contribution in [2.75, 3.05) is 50.7 Å². The van der Waals surface area contributed by atoms with Crippen LogP contribution in [0.4, 0.5) is 5.82 Å². The van der Waals surface area contributed by atoms with Gasteiger partial charge < -0.3 is 14.7 Å². The largest absolute Gasteiger partial charge is 0.353 e. The van der Waals surface area contributed by atoms with E-state index in [2.05, 4.69) is 33.6 Å². The molecule has 1 atom stereocenters. The van der Waals surface area contributed by atoms with E-state index in [-0.39, 0.29) is 5.91 Å². The average molecular weight is 317 g/mol. The van der Waals surface area contributed by atoms with Gasteiger partial charge in [-0.05, 0) is 25.3 Å². The zero-order chi connectivity index (χ0) is 16.2. The topological polar surface area (TPSA) is 52.6 Å². The Morgan fingerprint density at radius 1 is 1.17 bits per heavy atom. The summed E-state index contributed by atoms with van der Waals surface area (Å²) in [5.74, 6) is 1.48. The average Bonchev–Trinajstić information content (AvgIpc) is 2.61.